The lowest BCUT2D eigenvalue weighted by molar-refractivity contribution is -0.155. The van der Waals surface area contributed by atoms with E-state index in [2.05, 4.69) is 11.4 Å². The van der Waals surface area contributed by atoms with Crippen LogP contribution in [0.4, 0.5) is 0 Å². The van der Waals surface area contributed by atoms with Crippen molar-refractivity contribution in [2.24, 2.45) is 0 Å². The van der Waals surface area contributed by atoms with Crippen LogP contribution in [0.2, 0.25) is 0 Å². The van der Waals surface area contributed by atoms with Crippen molar-refractivity contribution in [3.8, 4) is 6.07 Å². The molecule has 0 bridgehead atoms. The van der Waals surface area contributed by atoms with Crippen LogP contribution in [-0.2, 0) is 14.3 Å². The summed E-state index contributed by atoms with van der Waals surface area (Å²) in [6, 6.07) is 5.68. The molecule has 0 aliphatic heterocycles. The second-order valence-electron chi connectivity index (χ2n) is 6.28. The summed E-state index contributed by atoms with van der Waals surface area (Å²) in [5.74, 6) is -1.18. The number of thiophene rings is 1. The zero-order chi connectivity index (χ0) is 18.3. The van der Waals surface area contributed by atoms with Crippen LogP contribution in [0.25, 0.3) is 0 Å². The Labute approximate surface area is 151 Å². The molecule has 1 heterocycles. The first-order chi connectivity index (χ1) is 12.0. The number of ether oxygens (including phenoxy) is 1. The maximum atomic E-state index is 12.2. The van der Waals surface area contributed by atoms with Gasteiger partial charge in [0, 0.05) is 6.42 Å². The van der Waals surface area contributed by atoms with Gasteiger partial charge in [-0.05, 0) is 31.2 Å². The van der Waals surface area contributed by atoms with Crippen LogP contribution in [0.1, 0.15) is 61.5 Å². The van der Waals surface area contributed by atoms with E-state index in [0.717, 1.165) is 19.3 Å². The molecule has 1 amide bonds. The highest BCUT2D eigenvalue weighted by Crippen LogP contribution is 2.27. The van der Waals surface area contributed by atoms with Crippen LogP contribution in [-0.4, -0.2) is 29.3 Å². The van der Waals surface area contributed by atoms with Gasteiger partial charge in [-0.2, -0.15) is 5.26 Å². The zero-order valence-electron chi connectivity index (χ0n) is 14.2. The number of nitrogens with one attached hydrogen (secondary N) is 1. The lowest BCUT2D eigenvalue weighted by Crippen LogP contribution is -2.52. The lowest BCUT2D eigenvalue weighted by Gasteiger charge is -2.32. The van der Waals surface area contributed by atoms with Crippen molar-refractivity contribution in [3.63, 3.8) is 0 Å². The Bertz CT molecular complexity index is 657. The molecule has 1 aliphatic carbocycles. The smallest absolute Gasteiger partial charge is 0.307 e. The summed E-state index contributed by atoms with van der Waals surface area (Å²) in [5, 5.41) is 13.9. The molecular weight excluding hydrogens is 340 g/mol. The summed E-state index contributed by atoms with van der Waals surface area (Å²) < 4.78 is 5.10. The van der Waals surface area contributed by atoms with Gasteiger partial charge in [0.1, 0.15) is 5.54 Å². The lowest BCUT2D eigenvalue weighted by atomic mass is 9.83. The van der Waals surface area contributed by atoms with Crippen LogP contribution in [0, 0.1) is 11.3 Å². The van der Waals surface area contributed by atoms with Crippen LogP contribution in [0.15, 0.2) is 17.5 Å². The highest BCUT2D eigenvalue weighted by atomic mass is 32.1. The van der Waals surface area contributed by atoms with Gasteiger partial charge in [0.25, 0.3) is 5.91 Å². The molecule has 0 saturated heterocycles. The van der Waals surface area contributed by atoms with E-state index >= 15 is 0 Å². The van der Waals surface area contributed by atoms with Gasteiger partial charge in [-0.15, -0.1) is 11.3 Å². The first-order valence-electron chi connectivity index (χ1n) is 8.45. The number of hydrogen-bond acceptors (Lipinski definition) is 6. The van der Waals surface area contributed by atoms with Crippen molar-refractivity contribution in [2.45, 2.75) is 63.5 Å². The molecule has 1 aliphatic rings. The van der Waals surface area contributed by atoms with E-state index in [1.807, 2.05) is 0 Å². The predicted molar refractivity (Wildman–Crippen MR) is 93.0 cm³/mol. The third-order valence-electron chi connectivity index (χ3n) is 4.31. The molecule has 0 aromatic carbocycles. The van der Waals surface area contributed by atoms with Crippen molar-refractivity contribution in [1.82, 2.24) is 5.32 Å². The average molecular weight is 362 g/mol. The molecule has 0 radical (unpaired) electrons. The molecule has 1 saturated carbocycles. The zero-order valence-corrected chi connectivity index (χ0v) is 15.1. The minimum Gasteiger partial charge on any atom is -0.453 e. The summed E-state index contributed by atoms with van der Waals surface area (Å²) in [4.78, 5) is 36.6. The van der Waals surface area contributed by atoms with Gasteiger partial charge < -0.3 is 10.1 Å². The van der Waals surface area contributed by atoms with E-state index in [4.69, 9.17) is 4.74 Å². The summed E-state index contributed by atoms with van der Waals surface area (Å²) >= 11 is 1.33. The molecule has 25 heavy (non-hydrogen) atoms. The Morgan fingerprint density at radius 2 is 2.04 bits per heavy atom. The number of rotatable bonds is 7. The van der Waals surface area contributed by atoms with Crippen LogP contribution in [0.3, 0.4) is 0 Å². The van der Waals surface area contributed by atoms with E-state index in [1.165, 1.54) is 18.3 Å². The van der Waals surface area contributed by atoms with Gasteiger partial charge in [0.2, 0.25) is 0 Å². The molecule has 1 N–H and O–H groups in total. The average Bonchev–Trinajstić information content (AvgIpc) is 3.15. The van der Waals surface area contributed by atoms with Gasteiger partial charge in [0.15, 0.2) is 11.9 Å². The summed E-state index contributed by atoms with van der Waals surface area (Å²) in [6.07, 6.45) is 3.07. The second-order valence-corrected chi connectivity index (χ2v) is 7.22. The number of esters is 1. The Balaban J connectivity index is 1.79. The van der Waals surface area contributed by atoms with E-state index < -0.39 is 23.5 Å². The van der Waals surface area contributed by atoms with E-state index in [0.29, 0.717) is 17.7 Å². The quantitative estimate of drug-likeness (QED) is 0.594. The molecule has 0 spiro atoms. The first kappa shape index (κ1) is 19.1. The number of carbonyl (C=O) groups is 3. The van der Waals surface area contributed by atoms with Crippen LogP contribution in [0.5, 0.6) is 0 Å². The van der Waals surface area contributed by atoms with Gasteiger partial charge >= 0.3 is 5.97 Å². The fourth-order valence-corrected chi connectivity index (χ4v) is 3.54. The molecule has 1 atom stereocenters. The number of hydrogen-bond donors (Lipinski definition) is 1. The van der Waals surface area contributed by atoms with Crippen LogP contribution >= 0.6 is 11.3 Å². The molecule has 1 fully saturated rings. The van der Waals surface area contributed by atoms with Crippen molar-refractivity contribution >= 4 is 29.0 Å². The maximum absolute atomic E-state index is 12.2. The molecule has 0 unspecified atom stereocenters. The Kier molecular flexibility index (Phi) is 6.71. The molecule has 2 rings (SSSR count). The monoisotopic (exact) mass is 362 g/mol. The number of nitrogens with zero attached hydrogens (tertiary/aromatic N) is 1. The fourth-order valence-electron chi connectivity index (χ4n) is 2.84. The minimum absolute atomic E-state index is 0.0514. The Morgan fingerprint density at radius 1 is 1.32 bits per heavy atom. The summed E-state index contributed by atoms with van der Waals surface area (Å²) in [6.45, 7) is 1.47. The number of carbonyl (C=O) groups excluding carboxylic acids is 3. The van der Waals surface area contributed by atoms with E-state index in [9.17, 15) is 19.6 Å². The normalized spacial score (nSPS) is 17.1. The summed E-state index contributed by atoms with van der Waals surface area (Å²) in [7, 11) is 0. The van der Waals surface area contributed by atoms with Crippen molar-refractivity contribution in [3.05, 3.63) is 22.4 Å². The van der Waals surface area contributed by atoms with E-state index in [1.54, 1.807) is 17.5 Å². The number of ketones is 1. The SMILES string of the molecule is C[C@@H](OC(=O)CCC(=O)c1cccs1)C(=O)NC1(C#N)CCCCC1. The molecular formula is C18H22N2O4S. The second kappa shape index (κ2) is 8.77. The minimum atomic E-state index is -0.989. The van der Waals surface area contributed by atoms with Gasteiger partial charge in [-0.3, -0.25) is 14.4 Å². The number of nitriles is 1. The standard InChI is InChI=1S/C18H22N2O4S/c1-13(17(23)20-18(12-19)9-3-2-4-10-18)24-16(22)8-7-14(21)15-6-5-11-25-15/h5-6,11,13H,2-4,7-10H2,1H3,(H,20,23)/t13-/m1/s1. The van der Waals surface area contributed by atoms with Gasteiger partial charge in [-0.1, -0.05) is 25.3 Å². The number of amides is 1. The highest BCUT2D eigenvalue weighted by molar-refractivity contribution is 7.12. The Hall–Kier alpha value is -2.20. The first-order valence-corrected chi connectivity index (χ1v) is 9.33. The molecule has 6 nitrogen and oxygen atoms in total. The third-order valence-corrected chi connectivity index (χ3v) is 5.22. The number of Topliss-reactive ketones (excluding diaryl/α,β-unsaturated/α-hetero) is 1. The molecule has 1 aromatic rings. The van der Waals surface area contributed by atoms with E-state index in [-0.39, 0.29) is 18.6 Å². The topological polar surface area (TPSA) is 96.3 Å². The predicted octanol–water partition coefficient (Wildman–Crippen LogP) is 2.99. The molecule has 1 aromatic heterocycles. The van der Waals surface area contributed by atoms with Crippen molar-refractivity contribution in [1.29, 1.82) is 5.26 Å². The molecule has 134 valence electrons. The van der Waals surface area contributed by atoms with Crippen molar-refractivity contribution in [2.75, 3.05) is 0 Å². The largest absolute Gasteiger partial charge is 0.453 e. The van der Waals surface area contributed by atoms with Gasteiger partial charge in [0.05, 0.1) is 17.4 Å². The summed E-state index contributed by atoms with van der Waals surface area (Å²) in [5.41, 5.74) is -0.856. The Morgan fingerprint density at radius 3 is 2.64 bits per heavy atom. The van der Waals surface area contributed by atoms with Gasteiger partial charge in [-0.25, -0.2) is 0 Å². The molecule has 7 heteroatoms. The maximum Gasteiger partial charge on any atom is 0.307 e. The van der Waals surface area contributed by atoms with Crippen molar-refractivity contribution < 1.29 is 19.1 Å². The van der Waals surface area contributed by atoms with Crippen LogP contribution < -0.4 is 5.32 Å². The highest BCUT2D eigenvalue weighted by Gasteiger charge is 2.35. The third kappa shape index (κ3) is 5.40. The fraction of sp³-hybridized carbons (Fsp3) is 0.556.